The highest BCUT2D eigenvalue weighted by Gasteiger charge is 1.96. The number of carbonyl (C=O) groups excluding carboxylic acids is 1. The van der Waals surface area contributed by atoms with Crippen molar-refractivity contribution < 1.29 is 9.53 Å². The van der Waals surface area contributed by atoms with Crippen molar-refractivity contribution in [2.45, 2.75) is 13.8 Å². The van der Waals surface area contributed by atoms with E-state index in [1.807, 2.05) is 4.98 Å². The van der Waals surface area contributed by atoms with Gasteiger partial charge in [-0.25, -0.2) is 0 Å². The van der Waals surface area contributed by atoms with E-state index < -0.39 is 11.1 Å². The summed E-state index contributed by atoms with van der Waals surface area (Å²) in [6, 6.07) is 0. The Bertz CT molecular complexity index is 259. The van der Waals surface area contributed by atoms with Crippen LogP contribution in [0.5, 0.6) is 0 Å². The first kappa shape index (κ1) is 9.61. The van der Waals surface area contributed by atoms with E-state index in [1.54, 1.807) is 6.92 Å². The van der Waals surface area contributed by atoms with Gasteiger partial charge >= 0.3 is 17.1 Å². The molecule has 0 aromatic carbocycles. The molecular formula is C6H9NO4. The molecule has 0 fully saturated rings. The number of rotatable bonds is 1. The molecule has 0 atom stereocenters. The first-order chi connectivity index (χ1) is 5.07. The van der Waals surface area contributed by atoms with E-state index in [4.69, 9.17) is 0 Å². The predicted molar refractivity (Wildman–Crippen MR) is 38.0 cm³/mol. The fourth-order valence-corrected chi connectivity index (χ4v) is 0.275. The van der Waals surface area contributed by atoms with Crippen molar-refractivity contribution >= 4 is 5.97 Å². The lowest BCUT2D eigenvalue weighted by atomic mass is 10.8. The summed E-state index contributed by atoms with van der Waals surface area (Å²) in [7, 11) is 0. The first-order valence-corrected chi connectivity index (χ1v) is 3.06. The van der Waals surface area contributed by atoms with E-state index in [1.165, 1.54) is 6.92 Å². The molecule has 1 aromatic rings. The quantitative estimate of drug-likeness (QED) is 0.429. The number of hydrogen-bond donors (Lipinski definition) is 1. The molecule has 0 unspecified atom stereocenters. The number of carbonyl (C=O) groups is 1. The topological polar surface area (TPSA) is 76.2 Å². The molecule has 0 radical (unpaired) electrons. The molecule has 1 rings (SSSR count). The number of esters is 1. The van der Waals surface area contributed by atoms with E-state index >= 15 is 0 Å². The summed E-state index contributed by atoms with van der Waals surface area (Å²) in [6.45, 7) is 3.65. The second-order valence-corrected chi connectivity index (χ2v) is 1.71. The Morgan fingerprint density at radius 3 is 1.82 bits per heavy atom. The molecule has 0 saturated heterocycles. The molecule has 0 spiro atoms. The van der Waals surface area contributed by atoms with Crippen molar-refractivity contribution in [3.05, 3.63) is 20.7 Å². The third-order valence-electron chi connectivity index (χ3n) is 0.718. The van der Waals surface area contributed by atoms with Crippen molar-refractivity contribution in [2.24, 2.45) is 0 Å². The van der Waals surface area contributed by atoms with Gasteiger partial charge in [-0.3, -0.25) is 19.4 Å². The van der Waals surface area contributed by atoms with E-state index in [9.17, 15) is 14.4 Å². The molecule has 0 bridgehead atoms. The van der Waals surface area contributed by atoms with Crippen LogP contribution < -0.4 is 11.1 Å². The highest BCUT2D eigenvalue weighted by atomic mass is 16.5. The van der Waals surface area contributed by atoms with Gasteiger partial charge < -0.3 is 4.74 Å². The molecule has 0 saturated carbocycles. The van der Waals surface area contributed by atoms with Crippen LogP contribution in [0.3, 0.4) is 0 Å². The van der Waals surface area contributed by atoms with Gasteiger partial charge in [0.15, 0.2) is 0 Å². The van der Waals surface area contributed by atoms with Crippen LogP contribution in [-0.4, -0.2) is 17.6 Å². The van der Waals surface area contributed by atoms with Crippen LogP contribution in [0.1, 0.15) is 13.8 Å². The van der Waals surface area contributed by atoms with Gasteiger partial charge in [0, 0.05) is 6.92 Å². The number of aromatic nitrogens is 1. The van der Waals surface area contributed by atoms with Crippen LogP contribution in [0, 0.1) is 0 Å². The van der Waals surface area contributed by atoms with E-state index in [0.29, 0.717) is 6.61 Å². The Kier molecular flexibility index (Phi) is 3.87. The smallest absolute Gasteiger partial charge is 0.316 e. The van der Waals surface area contributed by atoms with Gasteiger partial charge in [0.25, 0.3) is 0 Å². The lowest BCUT2D eigenvalue weighted by Crippen LogP contribution is -1.95. The minimum absolute atomic E-state index is 0.211. The molecule has 0 aliphatic heterocycles. The lowest BCUT2D eigenvalue weighted by Gasteiger charge is -1.89. The Morgan fingerprint density at radius 2 is 1.82 bits per heavy atom. The van der Waals surface area contributed by atoms with Crippen LogP contribution in [-0.2, 0) is 9.53 Å². The Labute approximate surface area is 62.7 Å². The second kappa shape index (κ2) is 4.43. The molecule has 0 aliphatic carbocycles. The minimum atomic E-state index is -0.468. The van der Waals surface area contributed by atoms with Gasteiger partial charge in [-0.05, 0) is 6.92 Å². The van der Waals surface area contributed by atoms with Gasteiger partial charge in [-0.15, -0.1) is 0 Å². The predicted octanol–water partition coefficient (Wildman–Crippen LogP) is -0.820. The molecule has 1 N–H and O–H groups in total. The van der Waals surface area contributed by atoms with Crippen LogP contribution in [0.15, 0.2) is 9.59 Å². The maximum Gasteiger partial charge on any atom is 0.316 e. The zero-order valence-corrected chi connectivity index (χ0v) is 6.34. The molecule has 62 valence electrons. The summed E-state index contributed by atoms with van der Waals surface area (Å²) in [5, 5.41) is 0. The lowest BCUT2D eigenvalue weighted by molar-refractivity contribution is -0.140. The largest absolute Gasteiger partial charge is 0.466 e. The van der Waals surface area contributed by atoms with Gasteiger partial charge in [0.2, 0.25) is 0 Å². The van der Waals surface area contributed by atoms with Gasteiger partial charge in [0.1, 0.15) is 0 Å². The number of ether oxygens (including phenoxy) is 1. The fraction of sp³-hybridized carbons (Fsp3) is 0.500. The van der Waals surface area contributed by atoms with Gasteiger partial charge in [0.05, 0.1) is 6.61 Å². The zero-order chi connectivity index (χ0) is 8.85. The van der Waals surface area contributed by atoms with Crippen LogP contribution in [0.2, 0.25) is 0 Å². The highest BCUT2D eigenvalue weighted by Crippen LogP contribution is 1.69. The number of aromatic amines is 1. The summed E-state index contributed by atoms with van der Waals surface area (Å²) in [5.41, 5.74) is -0.935. The van der Waals surface area contributed by atoms with Crippen LogP contribution >= 0.6 is 0 Å². The van der Waals surface area contributed by atoms with Crippen molar-refractivity contribution in [3.8, 4) is 0 Å². The molecule has 0 amide bonds. The van der Waals surface area contributed by atoms with Crippen molar-refractivity contribution in [1.82, 2.24) is 4.98 Å². The summed E-state index contributed by atoms with van der Waals surface area (Å²) >= 11 is 0. The van der Waals surface area contributed by atoms with Crippen molar-refractivity contribution in [2.75, 3.05) is 6.61 Å². The number of H-pyrrole nitrogens is 1. The van der Waals surface area contributed by atoms with E-state index in [2.05, 4.69) is 4.74 Å². The first-order valence-electron chi connectivity index (χ1n) is 3.06. The average molecular weight is 159 g/mol. The standard InChI is InChI=1S/C4H8O2.C2HNO2/c1-3-6-4(2)5;4-1-2(5)3-1/h3H2,1-2H3;(H,3,4,5). The molecule has 5 heteroatoms. The Hall–Kier alpha value is -1.39. The Balaban J connectivity index is 0.000000183. The maximum atomic E-state index is 9.82. The summed E-state index contributed by atoms with van der Waals surface area (Å²) in [5.74, 6) is -0.211. The monoisotopic (exact) mass is 159 g/mol. The normalized spacial score (nSPS) is 8.55. The second-order valence-electron chi connectivity index (χ2n) is 1.71. The molecule has 5 nitrogen and oxygen atoms in total. The molecule has 1 heterocycles. The van der Waals surface area contributed by atoms with Gasteiger partial charge in [-0.1, -0.05) is 0 Å². The fourth-order valence-electron chi connectivity index (χ4n) is 0.275. The summed E-state index contributed by atoms with van der Waals surface area (Å²) in [4.78, 5) is 30.6. The molecule has 1 aromatic heterocycles. The highest BCUT2D eigenvalue weighted by molar-refractivity contribution is 5.65. The SMILES string of the molecule is CCOC(C)=O.O=c1[nH]c1=O. The average Bonchev–Trinajstić information content (AvgIpc) is 2.46. The molecule has 11 heavy (non-hydrogen) atoms. The van der Waals surface area contributed by atoms with Crippen LogP contribution in [0.25, 0.3) is 0 Å². The van der Waals surface area contributed by atoms with Crippen molar-refractivity contribution in [3.63, 3.8) is 0 Å². The van der Waals surface area contributed by atoms with E-state index in [-0.39, 0.29) is 5.97 Å². The molecular weight excluding hydrogens is 150 g/mol. The number of nitrogens with one attached hydrogen (secondary N) is 1. The van der Waals surface area contributed by atoms with Gasteiger partial charge in [-0.2, -0.15) is 0 Å². The minimum Gasteiger partial charge on any atom is -0.466 e. The maximum absolute atomic E-state index is 9.82. The Morgan fingerprint density at radius 1 is 1.45 bits per heavy atom. The summed E-state index contributed by atoms with van der Waals surface area (Å²) < 4.78 is 4.40. The third-order valence-corrected chi connectivity index (χ3v) is 0.718. The third kappa shape index (κ3) is 6.50. The van der Waals surface area contributed by atoms with E-state index in [0.717, 1.165) is 0 Å². The van der Waals surface area contributed by atoms with Crippen LogP contribution in [0.4, 0.5) is 0 Å². The zero-order valence-electron chi connectivity index (χ0n) is 6.34. The summed E-state index contributed by atoms with van der Waals surface area (Å²) in [6.07, 6.45) is 0. The molecule has 0 aliphatic rings. The van der Waals surface area contributed by atoms with Crippen molar-refractivity contribution in [1.29, 1.82) is 0 Å². The number of hydrogen-bond acceptors (Lipinski definition) is 4.